The van der Waals surface area contributed by atoms with Crippen LogP contribution in [0, 0.1) is 18.3 Å². The molecule has 0 aromatic carbocycles. The van der Waals surface area contributed by atoms with E-state index in [0.29, 0.717) is 5.56 Å². The minimum Gasteiger partial charge on any atom is -0.317 e. The maximum absolute atomic E-state index is 12.9. The molecule has 0 saturated heterocycles. The van der Waals surface area contributed by atoms with Crippen LogP contribution in [0.1, 0.15) is 17.0 Å². The Morgan fingerprint density at radius 3 is 2.63 bits per heavy atom. The van der Waals surface area contributed by atoms with Crippen LogP contribution in [-0.4, -0.2) is 34.5 Å². The highest BCUT2D eigenvalue weighted by molar-refractivity contribution is 5.71. The normalized spacial score (nSPS) is 19.3. The van der Waals surface area contributed by atoms with Gasteiger partial charge in [-0.3, -0.25) is 0 Å². The summed E-state index contributed by atoms with van der Waals surface area (Å²) in [6.45, 7) is 1.59. The van der Waals surface area contributed by atoms with Crippen LogP contribution in [0.15, 0.2) is 12.3 Å². The summed E-state index contributed by atoms with van der Waals surface area (Å²) in [5.41, 5.74) is 2.96. The van der Waals surface area contributed by atoms with Crippen LogP contribution in [0.25, 0.3) is 5.57 Å². The molecule has 1 unspecified atom stereocenters. The van der Waals surface area contributed by atoms with E-state index < -0.39 is 12.2 Å². The van der Waals surface area contributed by atoms with Gasteiger partial charge >= 0.3 is 6.18 Å². The molecule has 5 nitrogen and oxygen atoms in total. The SMILES string of the molecule is Cc1cc(C#N)nnc1C1=CN(C)NC1C(F)(F)F. The van der Waals surface area contributed by atoms with Crippen LogP contribution in [-0.2, 0) is 0 Å². The second-order valence-corrected chi connectivity index (χ2v) is 4.17. The predicted octanol–water partition coefficient (Wildman–Crippen LogP) is 1.38. The number of nitrogens with one attached hydrogen (secondary N) is 1. The molecule has 0 aliphatic carbocycles. The minimum absolute atomic E-state index is 0.00973. The number of hydrazine groups is 1. The molecule has 2 rings (SSSR count). The number of hydrogen-bond donors (Lipinski definition) is 1. The van der Waals surface area contributed by atoms with Crippen LogP contribution in [0.2, 0.25) is 0 Å². The number of aromatic nitrogens is 2. The summed E-state index contributed by atoms with van der Waals surface area (Å²) in [4.78, 5) is 0. The maximum atomic E-state index is 12.9. The van der Waals surface area contributed by atoms with E-state index in [1.807, 2.05) is 0 Å². The standard InChI is InChI=1S/C11H10F3N5/c1-6-3-7(4-15)16-17-9(6)8-5-19(2)18-10(8)11(12,13)14/h3,5,10,18H,1-2H3. The zero-order valence-electron chi connectivity index (χ0n) is 10.2. The van der Waals surface area contributed by atoms with Crippen molar-refractivity contribution in [1.82, 2.24) is 20.6 Å². The Hall–Kier alpha value is -2.14. The zero-order valence-corrected chi connectivity index (χ0v) is 10.2. The first-order valence-corrected chi connectivity index (χ1v) is 5.35. The molecular weight excluding hydrogens is 259 g/mol. The van der Waals surface area contributed by atoms with E-state index in [0.717, 1.165) is 0 Å². The number of hydrogen-bond acceptors (Lipinski definition) is 5. The predicted molar refractivity (Wildman–Crippen MR) is 60.2 cm³/mol. The lowest BCUT2D eigenvalue weighted by Crippen LogP contribution is -2.43. The van der Waals surface area contributed by atoms with Crippen LogP contribution in [0.5, 0.6) is 0 Å². The molecule has 0 spiro atoms. The van der Waals surface area contributed by atoms with Gasteiger partial charge in [0.25, 0.3) is 0 Å². The van der Waals surface area contributed by atoms with E-state index in [-0.39, 0.29) is 17.0 Å². The van der Waals surface area contributed by atoms with Gasteiger partial charge in [-0.05, 0) is 18.6 Å². The lowest BCUT2D eigenvalue weighted by Gasteiger charge is -2.20. The van der Waals surface area contributed by atoms with Crippen molar-refractivity contribution in [2.75, 3.05) is 7.05 Å². The van der Waals surface area contributed by atoms with E-state index in [1.165, 1.54) is 24.3 Å². The Kier molecular flexibility index (Phi) is 3.16. The first-order chi connectivity index (χ1) is 8.82. The van der Waals surface area contributed by atoms with E-state index >= 15 is 0 Å². The van der Waals surface area contributed by atoms with Crippen LogP contribution in [0.4, 0.5) is 13.2 Å². The number of aryl methyl sites for hydroxylation is 1. The van der Waals surface area contributed by atoms with Crippen molar-refractivity contribution >= 4 is 5.57 Å². The third kappa shape index (κ3) is 2.51. The van der Waals surface area contributed by atoms with E-state index in [2.05, 4.69) is 15.6 Å². The van der Waals surface area contributed by atoms with Gasteiger partial charge in [-0.15, -0.1) is 10.2 Å². The molecule has 1 N–H and O–H groups in total. The summed E-state index contributed by atoms with van der Waals surface area (Å²) in [5, 5.41) is 17.2. The van der Waals surface area contributed by atoms with Crippen molar-refractivity contribution in [1.29, 1.82) is 5.26 Å². The fourth-order valence-electron chi connectivity index (χ4n) is 1.87. The molecular formula is C11H10F3N5. The summed E-state index contributed by atoms with van der Waals surface area (Å²) in [6.07, 6.45) is -3.11. The Balaban J connectivity index is 2.46. The summed E-state index contributed by atoms with van der Waals surface area (Å²) >= 11 is 0. The van der Waals surface area contributed by atoms with E-state index in [4.69, 9.17) is 5.26 Å². The van der Waals surface area contributed by atoms with Gasteiger partial charge in [0.15, 0.2) is 11.7 Å². The molecule has 100 valence electrons. The van der Waals surface area contributed by atoms with Gasteiger partial charge in [0.1, 0.15) is 6.07 Å². The molecule has 19 heavy (non-hydrogen) atoms. The van der Waals surface area contributed by atoms with Gasteiger partial charge in [0.2, 0.25) is 0 Å². The first kappa shape index (κ1) is 13.3. The van der Waals surface area contributed by atoms with E-state index in [1.54, 1.807) is 13.0 Å². The molecule has 0 amide bonds. The fraction of sp³-hybridized carbons (Fsp3) is 0.364. The van der Waals surface area contributed by atoms with Gasteiger partial charge in [-0.2, -0.15) is 18.4 Å². The maximum Gasteiger partial charge on any atom is 0.409 e. The molecule has 0 fully saturated rings. The third-order valence-corrected chi connectivity index (χ3v) is 2.68. The summed E-state index contributed by atoms with van der Waals surface area (Å²) in [7, 11) is 1.47. The minimum atomic E-state index is -4.43. The van der Waals surface area contributed by atoms with Gasteiger partial charge in [-0.1, -0.05) is 0 Å². The number of rotatable bonds is 1. The van der Waals surface area contributed by atoms with Crippen LogP contribution < -0.4 is 5.43 Å². The molecule has 8 heteroatoms. The van der Waals surface area contributed by atoms with Crippen molar-refractivity contribution in [3.8, 4) is 6.07 Å². The van der Waals surface area contributed by atoms with Crippen molar-refractivity contribution < 1.29 is 13.2 Å². The zero-order chi connectivity index (χ0) is 14.2. The highest BCUT2D eigenvalue weighted by atomic mass is 19.4. The molecule has 1 aromatic heterocycles. The van der Waals surface area contributed by atoms with Crippen molar-refractivity contribution in [2.24, 2.45) is 0 Å². The largest absolute Gasteiger partial charge is 0.409 e. The van der Waals surface area contributed by atoms with Gasteiger partial charge in [-0.25, -0.2) is 5.43 Å². The molecule has 0 radical (unpaired) electrons. The van der Waals surface area contributed by atoms with Crippen LogP contribution in [0.3, 0.4) is 0 Å². The van der Waals surface area contributed by atoms with Crippen molar-refractivity contribution in [3.63, 3.8) is 0 Å². The molecule has 0 saturated carbocycles. The molecule has 1 atom stereocenters. The van der Waals surface area contributed by atoms with Crippen molar-refractivity contribution in [3.05, 3.63) is 29.2 Å². The average Bonchev–Trinajstić information content (AvgIpc) is 2.70. The van der Waals surface area contributed by atoms with Gasteiger partial charge in [0.05, 0.1) is 5.69 Å². The molecule has 1 aliphatic rings. The number of alkyl halides is 3. The fourth-order valence-corrected chi connectivity index (χ4v) is 1.87. The monoisotopic (exact) mass is 269 g/mol. The quantitative estimate of drug-likeness (QED) is 0.834. The third-order valence-electron chi connectivity index (χ3n) is 2.68. The van der Waals surface area contributed by atoms with Gasteiger partial charge < -0.3 is 5.01 Å². The Labute approximate surface area is 107 Å². The summed E-state index contributed by atoms with van der Waals surface area (Å²) in [5.74, 6) is 0. The average molecular weight is 269 g/mol. The topological polar surface area (TPSA) is 64.8 Å². The highest BCUT2D eigenvalue weighted by Gasteiger charge is 2.46. The second-order valence-electron chi connectivity index (χ2n) is 4.17. The lowest BCUT2D eigenvalue weighted by atomic mass is 10.0. The Morgan fingerprint density at radius 2 is 2.11 bits per heavy atom. The summed E-state index contributed by atoms with van der Waals surface area (Å²) < 4.78 is 38.7. The lowest BCUT2D eigenvalue weighted by molar-refractivity contribution is -0.146. The second kappa shape index (κ2) is 4.51. The number of nitriles is 1. The molecule has 1 aromatic rings. The Morgan fingerprint density at radius 1 is 1.42 bits per heavy atom. The first-order valence-electron chi connectivity index (χ1n) is 5.35. The smallest absolute Gasteiger partial charge is 0.317 e. The van der Waals surface area contributed by atoms with E-state index in [9.17, 15) is 13.2 Å². The number of nitrogens with zero attached hydrogens (tertiary/aromatic N) is 4. The molecule has 1 aliphatic heterocycles. The molecule has 2 heterocycles. The highest BCUT2D eigenvalue weighted by Crippen LogP contribution is 2.34. The molecule has 0 bridgehead atoms. The number of halogens is 3. The van der Waals surface area contributed by atoms with Crippen molar-refractivity contribution in [2.45, 2.75) is 19.1 Å². The Bertz CT molecular complexity index is 573. The van der Waals surface area contributed by atoms with Gasteiger partial charge in [0, 0.05) is 18.8 Å². The van der Waals surface area contributed by atoms with Crippen LogP contribution >= 0.6 is 0 Å². The summed E-state index contributed by atoms with van der Waals surface area (Å²) in [6, 6.07) is 1.39.